The van der Waals surface area contributed by atoms with Crippen LogP contribution < -0.4 is 16.2 Å². The highest BCUT2D eigenvalue weighted by molar-refractivity contribution is 6.13. The Kier molecular flexibility index (Phi) is 2.98. The number of fused-ring (bicyclic) bond motifs is 1. The monoisotopic (exact) mass is 284 g/mol. The molecule has 0 saturated heterocycles. The number of nitrogens with one attached hydrogen (secondary N) is 1. The Morgan fingerprint density at radius 3 is 2.81 bits per heavy atom. The van der Waals surface area contributed by atoms with Crippen LogP contribution in [0, 0.1) is 0 Å². The number of H-pyrrole nitrogens is 1. The van der Waals surface area contributed by atoms with Gasteiger partial charge in [0.15, 0.2) is 11.4 Å². The molecule has 0 aliphatic carbocycles. The maximum Gasteiger partial charge on any atom is 0.417 e. The first-order valence-corrected chi connectivity index (χ1v) is 6.19. The van der Waals surface area contributed by atoms with E-state index in [9.17, 15) is 9.59 Å². The number of benzene rings is 2. The molecule has 1 aromatic heterocycles. The third kappa shape index (κ3) is 2.27. The lowest BCUT2D eigenvalue weighted by atomic mass is 10.0. The zero-order valence-electron chi connectivity index (χ0n) is 11.2. The van der Waals surface area contributed by atoms with Crippen molar-refractivity contribution in [2.24, 2.45) is 0 Å². The van der Waals surface area contributed by atoms with Crippen LogP contribution in [0.4, 0.5) is 5.69 Å². The van der Waals surface area contributed by atoms with E-state index in [0.29, 0.717) is 33.7 Å². The van der Waals surface area contributed by atoms with Gasteiger partial charge in [-0.2, -0.15) is 0 Å². The summed E-state index contributed by atoms with van der Waals surface area (Å²) in [4.78, 5) is 26.2. The van der Waals surface area contributed by atoms with Crippen LogP contribution in [0.5, 0.6) is 5.75 Å². The van der Waals surface area contributed by atoms with Crippen molar-refractivity contribution in [1.29, 1.82) is 0 Å². The Labute approximate surface area is 119 Å². The Morgan fingerprint density at radius 2 is 2.05 bits per heavy atom. The first kappa shape index (κ1) is 13.0. The standard InChI is InChI=1S/C15H12N2O4/c1-20-9-3-4-11(16)10(7-9)14(18)8-2-5-12-13(6-8)21-15(19)17-12/h2-7H,16H2,1H3,(H,17,19). The van der Waals surface area contributed by atoms with Gasteiger partial charge in [0.25, 0.3) is 0 Å². The minimum absolute atomic E-state index is 0.267. The fraction of sp³-hybridized carbons (Fsp3) is 0.0667. The van der Waals surface area contributed by atoms with Crippen LogP contribution in [-0.2, 0) is 0 Å². The van der Waals surface area contributed by atoms with E-state index in [2.05, 4.69) is 4.98 Å². The molecular weight excluding hydrogens is 272 g/mol. The number of anilines is 1. The van der Waals surface area contributed by atoms with Crippen molar-refractivity contribution in [3.63, 3.8) is 0 Å². The Hall–Kier alpha value is -3.02. The van der Waals surface area contributed by atoms with Crippen molar-refractivity contribution in [1.82, 2.24) is 4.98 Å². The highest BCUT2D eigenvalue weighted by atomic mass is 16.5. The average molecular weight is 284 g/mol. The number of aromatic nitrogens is 1. The van der Waals surface area contributed by atoms with Crippen molar-refractivity contribution in [2.45, 2.75) is 0 Å². The minimum Gasteiger partial charge on any atom is -0.497 e. The lowest BCUT2D eigenvalue weighted by Crippen LogP contribution is -2.05. The molecule has 0 radical (unpaired) electrons. The summed E-state index contributed by atoms with van der Waals surface area (Å²) < 4.78 is 10.0. The van der Waals surface area contributed by atoms with Gasteiger partial charge in [-0.05, 0) is 36.4 Å². The van der Waals surface area contributed by atoms with Crippen LogP contribution in [-0.4, -0.2) is 17.9 Å². The highest BCUT2D eigenvalue weighted by Gasteiger charge is 2.15. The predicted octanol–water partition coefficient (Wildman–Crippen LogP) is 1.94. The predicted molar refractivity (Wildman–Crippen MR) is 77.7 cm³/mol. The van der Waals surface area contributed by atoms with Crippen LogP contribution in [0.25, 0.3) is 11.1 Å². The van der Waals surface area contributed by atoms with E-state index in [-0.39, 0.29) is 5.78 Å². The second-order valence-electron chi connectivity index (χ2n) is 4.51. The van der Waals surface area contributed by atoms with Crippen LogP contribution in [0.1, 0.15) is 15.9 Å². The molecule has 0 fully saturated rings. The van der Waals surface area contributed by atoms with Gasteiger partial charge in [-0.3, -0.25) is 9.78 Å². The summed E-state index contributed by atoms with van der Waals surface area (Å²) in [5.41, 5.74) is 7.78. The quantitative estimate of drug-likeness (QED) is 0.565. The zero-order valence-corrected chi connectivity index (χ0v) is 11.2. The number of nitrogen functional groups attached to an aromatic ring is 1. The number of aromatic amines is 1. The summed E-state index contributed by atoms with van der Waals surface area (Å²) in [6.45, 7) is 0. The largest absolute Gasteiger partial charge is 0.497 e. The molecule has 21 heavy (non-hydrogen) atoms. The Bertz CT molecular complexity index is 892. The Morgan fingerprint density at radius 1 is 1.24 bits per heavy atom. The number of ketones is 1. The smallest absolute Gasteiger partial charge is 0.417 e. The van der Waals surface area contributed by atoms with Crippen LogP contribution in [0.2, 0.25) is 0 Å². The van der Waals surface area contributed by atoms with Gasteiger partial charge in [-0.25, -0.2) is 4.79 Å². The summed E-state index contributed by atoms with van der Waals surface area (Å²) in [6.07, 6.45) is 0. The molecule has 0 atom stereocenters. The summed E-state index contributed by atoms with van der Waals surface area (Å²) in [5, 5.41) is 0. The third-order valence-electron chi connectivity index (χ3n) is 3.19. The zero-order chi connectivity index (χ0) is 15.0. The topological polar surface area (TPSA) is 98.3 Å². The molecule has 2 aromatic carbocycles. The second kappa shape index (κ2) is 4.82. The van der Waals surface area contributed by atoms with Gasteiger partial charge >= 0.3 is 5.76 Å². The third-order valence-corrected chi connectivity index (χ3v) is 3.19. The maximum atomic E-state index is 12.5. The number of oxazole rings is 1. The number of nitrogens with two attached hydrogens (primary N) is 1. The highest BCUT2D eigenvalue weighted by Crippen LogP contribution is 2.23. The lowest BCUT2D eigenvalue weighted by Gasteiger charge is -2.07. The van der Waals surface area contributed by atoms with Crippen molar-refractivity contribution in [3.05, 3.63) is 58.1 Å². The SMILES string of the molecule is COc1ccc(N)c(C(=O)c2ccc3[nH]c(=O)oc3c2)c1. The molecular formula is C15H12N2O4. The van der Waals surface area contributed by atoms with Crippen molar-refractivity contribution < 1.29 is 13.9 Å². The fourth-order valence-corrected chi connectivity index (χ4v) is 2.10. The van der Waals surface area contributed by atoms with E-state index in [0.717, 1.165) is 0 Å². The molecule has 0 saturated carbocycles. The van der Waals surface area contributed by atoms with E-state index >= 15 is 0 Å². The van der Waals surface area contributed by atoms with Gasteiger partial charge in [-0.1, -0.05) is 0 Å². The number of ether oxygens (including phenoxy) is 1. The normalized spacial score (nSPS) is 10.7. The molecule has 3 aromatic rings. The summed E-state index contributed by atoms with van der Waals surface area (Å²) in [5.74, 6) is -0.283. The molecule has 3 N–H and O–H groups in total. The molecule has 6 heteroatoms. The second-order valence-corrected chi connectivity index (χ2v) is 4.51. The molecule has 106 valence electrons. The van der Waals surface area contributed by atoms with E-state index < -0.39 is 5.76 Å². The van der Waals surface area contributed by atoms with Gasteiger partial charge in [-0.15, -0.1) is 0 Å². The summed E-state index contributed by atoms with van der Waals surface area (Å²) >= 11 is 0. The lowest BCUT2D eigenvalue weighted by molar-refractivity contribution is 0.103. The van der Waals surface area contributed by atoms with Crippen LogP contribution in [0.3, 0.4) is 0 Å². The van der Waals surface area contributed by atoms with Gasteiger partial charge < -0.3 is 14.9 Å². The summed E-state index contributed by atoms with van der Waals surface area (Å²) in [7, 11) is 1.51. The van der Waals surface area contributed by atoms with Crippen LogP contribution in [0.15, 0.2) is 45.6 Å². The van der Waals surface area contributed by atoms with Crippen molar-refractivity contribution in [2.75, 3.05) is 12.8 Å². The number of hydrogen-bond donors (Lipinski definition) is 2. The number of rotatable bonds is 3. The average Bonchev–Trinajstić information content (AvgIpc) is 2.86. The van der Waals surface area contributed by atoms with Gasteiger partial charge in [0.2, 0.25) is 0 Å². The van der Waals surface area contributed by atoms with Gasteiger partial charge in [0.05, 0.1) is 12.6 Å². The molecule has 0 amide bonds. The molecule has 3 rings (SSSR count). The number of methoxy groups -OCH3 is 1. The van der Waals surface area contributed by atoms with Gasteiger partial charge in [0, 0.05) is 16.8 Å². The van der Waals surface area contributed by atoms with E-state index in [1.165, 1.54) is 13.2 Å². The Balaban J connectivity index is 2.09. The molecule has 6 nitrogen and oxygen atoms in total. The first-order chi connectivity index (χ1) is 10.1. The number of carbonyl (C=O) groups is 1. The van der Waals surface area contributed by atoms with Crippen molar-refractivity contribution in [3.8, 4) is 5.75 Å². The van der Waals surface area contributed by atoms with E-state index in [4.69, 9.17) is 14.9 Å². The number of hydrogen-bond acceptors (Lipinski definition) is 5. The van der Waals surface area contributed by atoms with Crippen LogP contribution >= 0.6 is 0 Å². The van der Waals surface area contributed by atoms with E-state index in [1.54, 1.807) is 30.3 Å². The molecule has 0 spiro atoms. The first-order valence-electron chi connectivity index (χ1n) is 6.19. The molecule has 1 heterocycles. The molecule has 0 aliphatic rings. The fourth-order valence-electron chi connectivity index (χ4n) is 2.10. The van der Waals surface area contributed by atoms with Crippen molar-refractivity contribution >= 4 is 22.6 Å². The molecule has 0 bridgehead atoms. The molecule has 0 unspecified atom stereocenters. The minimum atomic E-state index is -0.560. The van der Waals surface area contributed by atoms with E-state index in [1.807, 2.05) is 0 Å². The maximum absolute atomic E-state index is 12.5. The number of carbonyl (C=O) groups excluding carboxylic acids is 1. The van der Waals surface area contributed by atoms with Gasteiger partial charge in [0.1, 0.15) is 5.75 Å². The summed E-state index contributed by atoms with van der Waals surface area (Å²) in [6, 6.07) is 9.60. The molecule has 0 aliphatic heterocycles.